The zero-order valence-corrected chi connectivity index (χ0v) is 19.2. The Bertz CT molecular complexity index is 1230. The summed E-state index contributed by atoms with van der Waals surface area (Å²) >= 11 is 0. The minimum atomic E-state index is -4.56. The molecule has 0 heterocycles. The van der Waals surface area contributed by atoms with E-state index in [1.165, 1.54) is 38.4 Å². The number of methoxy groups -OCH3 is 1. The second kappa shape index (κ2) is 10.3. The van der Waals surface area contributed by atoms with Crippen molar-refractivity contribution in [2.45, 2.75) is 23.5 Å². The van der Waals surface area contributed by atoms with Crippen LogP contribution in [0, 0.1) is 0 Å². The van der Waals surface area contributed by atoms with Gasteiger partial charge in [0.15, 0.2) is 0 Å². The standard InChI is InChI=1S/C24H23F3N2O4S/c1-29(34(31,32)21-9-4-3-5-10-21)22(17-11-13-20(33-2)14-12-17)16-23(30)28-19-8-6-7-18(15-19)24(25,26)27/h3-15,22H,16H2,1-2H3,(H,28,30)/t22-/m1/s1. The van der Waals surface area contributed by atoms with Crippen LogP contribution in [0.15, 0.2) is 83.8 Å². The Balaban J connectivity index is 1.90. The lowest BCUT2D eigenvalue weighted by atomic mass is 10.0. The fraction of sp³-hybridized carbons (Fsp3) is 0.208. The molecule has 1 atom stereocenters. The third-order valence-corrected chi connectivity index (χ3v) is 7.09. The number of ether oxygens (including phenoxy) is 1. The van der Waals surface area contributed by atoms with E-state index in [0.717, 1.165) is 16.4 Å². The lowest BCUT2D eigenvalue weighted by Crippen LogP contribution is -2.33. The average molecular weight is 493 g/mol. The van der Waals surface area contributed by atoms with E-state index in [2.05, 4.69) is 5.32 Å². The summed E-state index contributed by atoms with van der Waals surface area (Å²) in [7, 11) is -1.13. The number of hydrogen-bond acceptors (Lipinski definition) is 4. The number of sulfonamides is 1. The van der Waals surface area contributed by atoms with Gasteiger partial charge in [-0.3, -0.25) is 4.79 Å². The van der Waals surface area contributed by atoms with Crippen LogP contribution in [0.25, 0.3) is 0 Å². The molecule has 0 saturated carbocycles. The van der Waals surface area contributed by atoms with Gasteiger partial charge in [0, 0.05) is 19.2 Å². The molecule has 3 rings (SSSR count). The number of alkyl halides is 3. The maximum atomic E-state index is 13.2. The van der Waals surface area contributed by atoms with Crippen molar-refractivity contribution in [3.63, 3.8) is 0 Å². The lowest BCUT2D eigenvalue weighted by Gasteiger charge is -2.28. The number of anilines is 1. The summed E-state index contributed by atoms with van der Waals surface area (Å²) in [5, 5.41) is 2.44. The van der Waals surface area contributed by atoms with Crippen LogP contribution >= 0.6 is 0 Å². The van der Waals surface area contributed by atoms with Gasteiger partial charge in [0.05, 0.1) is 23.6 Å². The highest BCUT2D eigenvalue weighted by Gasteiger charge is 2.32. The van der Waals surface area contributed by atoms with Crippen molar-refractivity contribution >= 4 is 21.6 Å². The van der Waals surface area contributed by atoms with Gasteiger partial charge in [-0.2, -0.15) is 17.5 Å². The molecule has 1 amide bonds. The highest BCUT2D eigenvalue weighted by Crippen LogP contribution is 2.32. The van der Waals surface area contributed by atoms with Crippen molar-refractivity contribution in [1.82, 2.24) is 4.31 Å². The number of amides is 1. The maximum Gasteiger partial charge on any atom is 0.416 e. The molecule has 3 aromatic carbocycles. The summed E-state index contributed by atoms with van der Waals surface area (Å²) in [6, 6.07) is 17.6. The SMILES string of the molecule is COc1ccc([C@@H](CC(=O)Nc2cccc(C(F)(F)F)c2)N(C)S(=O)(=O)c2ccccc2)cc1. The third kappa shape index (κ3) is 5.95. The van der Waals surface area contributed by atoms with Crippen LogP contribution in [0.1, 0.15) is 23.6 Å². The summed E-state index contributed by atoms with van der Waals surface area (Å²) in [5.41, 5.74) is -0.426. The molecule has 0 unspecified atom stereocenters. The van der Waals surface area contributed by atoms with Gasteiger partial charge in [-0.15, -0.1) is 0 Å². The van der Waals surface area contributed by atoms with Crippen LogP contribution in [-0.4, -0.2) is 32.8 Å². The predicted molar refractivity (Wildman–Crippen MR) is 122 cm³/mol. The minimum Gasteiger partial charge on any atom is -0.497 e. The van der Waals surface area contributed by atoms with Gasteiger partial charge < -0.3 is 10.1 Å². The largest absolute Gasteiger partial charge is 0.497 e. The summed E-state index contributed by atoms with van der Waals surface area (Å²) < 4.78 is 71.6. The van der Waals surface area contributed by atoms with Gasteiger partial charge in [-0.05, 0) is 48.0 Å². The molecule has 0 bridgehead atoms. The molecule has 3 aromatic rings. The molecular formula is C24H23F3N2O4S. The van der Waals surface area contributed by atoms with Crippen LogP contribution in [0.5, 0.6) is 5.75 Å². The van der Waals surface area contributed by atoms with Gasteiger partial charge >= 0.3 is 6.18 Å². The quantitative estimate of drug-likeness (QED) is 0.475. The number of halogens is 3. The maximum absolute atomic E-state index is 13.2. The molecule has 0 aromatic heterocycles. The molecule has 0 aliphatic heterocycles. The summed E-state index contributed by atoms with van der Waals surface area (Å²) in [6.07, 6.45) is -4.89. The molecule has 0 fully saturated rings. The van der Waals surface area contributed by atoms with E-state index in [1.807, 2.05) is 0 Å². The summed E-state index contributed by atoms with van der Waals surface area (Å²) in [5.74, 6) is -0.0975. The van der Waals surface area contributed by atoms with E-state index in [1.54, 1.807) is 42.5 Å². The molecule has 0 radical (unpaired) electrons. The Morgan fingerprint density at radius 1 is 1.00 bits per heavy atom. The monoisotopic (exact) mass is 492 g/mol. The second-order valence-corrected chi connectivity index (χ2v) is 9.45. The number of benzene rings is 3. The minimum absolute atomic E-state index is 0.0399. The number of nitrogens with one attached hydrogen (secondary N) is 1. The van der Waals surface area contributed by atoms with Crippen LogP contribution in [0.3, 0.4) is 0 Å². The highest BCUT2D eigenvalue weighted by molar-refractivity contribution is 7.89. The first-order valence-electron chi connectivity index (χ1n) is 10.2. The fourth-order valence-corrected chi connectivity index (χ4v) is 4.73. The second-order valence-electron chi connectivity index (χ2n) is 7.45. The van der Waals surface area contributed by atoms with Crippen molar-refractivity contribution < 1.29 is 31.1 Å². The van der Waals surface area contributed by atoms with Gasteiger partial charge in [-0.1, -0.05) is 36.4 Å². The normalized spacial score (nSPS) is 12.9. The molecule has 34 heavy (non-hydrogen) atoms. The lowest BCUT2D eigenvalue weighted by molar-refractivity contribution is -0.137. The smallest absolute Gasteiger partial charge is 0.416 e. The van der Waals surface area contributed by atoms with E-state index in [9.17, 15) is 26.4 Å². The number of carbonyl (C=O) groups excluding carboxylic acids is 1. The average Bonchev–Trinajstić information content (AvgIpc) is 2.82. The first-order chi connectivity index (χ1) is 16.0. The van der Waals surface area contributed by atoms with Crippen LogP contribution in [-0.2, 0) is 21.0 Å². The molecule has 0 saturated heterocycles. The van der Waals surface area contributed by atoms with Crippen molar-refractivity contribution in [2.24, 2.45) is 0 Å². The van der Waals surface area contributed by atoms with Gasteiger partial charge in [0.25, 0.3) is 0 Å². The summed E-state index contributed by atoms with van der Waals surface area (Å²) in [6.45, 7) is 0. The third-order valence-electron chi connectivity index (χ3n) is 5.21. The summed E-state index contributed by atoms with van der Waals surface area (Å²) in [4.78, 5) is 12.9. The number of hydrogen-bond donors (Lipinski definition) is 1. The van der Waals surface area contributed by atoms with E-state index < -0.39 is 33.7 Å². The van der Waals surface area contributed by atoms with Crippen molar-refractivity contribution in [2.75, 3.05) is 19.5 Å². The Kier molecular flexibility index (Phi) is 7.63. The molecule has 0 aliphatic carbocycles. The van der Waals surface area contributed by atoms with Crippen molar-refractivity contribution in [1.29, 1.82) is 0 Å². The van der Waals surface area contributed by atoms with Crippen LogP contribution < -0.4 is 10.1 Å². The molecule has 1 N–H and O–H groups in total. The Hall–Kier alpha value is -3.37. The first kappa shape index (κ1) is 25.3. The Morgan fingerprint density at radius 2 is 1.65 bits per heavy atom. The predicted octanol–water partition coefficient (Wildman–Crippen LogP) is 5.10. The van der Waals surface area contributed by atoms with E-state index in [-0.39, 0.29) is 17.0 Å². The van der Waals surface area contributed by atoms with E-state index in [0.29, 0.717) is 11.3 Å². The highest BCUT2D eigenvalue weighted by atomic mass is 32.2. The van der Waals surface area contributed by atoms with Gasteiger partial charge in [0.2, 0.25) is 15.9 Å². The van der Waals surface area contributed by atoms with Crippen LogP contribution in [0.2, 0.25) is 0 Å². The molecule has 6 nitrogen and oxygen atoms in total. The topological polar surface area (TPSA) is 75.7 Å². The van der Waals surface area contributed by atoms with Gasteiger partial charge in [0.1, 0.15) is 5.75 Å². The molecular weight excluding hydrogens is 469 g/mol. The molecule has 0 aliphatic rings. The van der Waals surface area contributed by atoms with Crippen molar-refractivity contribution in [3.8, 4) is 5.75 Å². The Morgan fingerprint density at radius 3 is 2.24 bits per heavy atom. The first-order valence-corrected chi connectivity index (χ1v) is 11.6. The molecule has 180 valence electrons. The zero-order valence-electron chi connectivity index (χ0n) is 18.4. The molecule has 10 heteroatoms. The van der Waals surface area contributed by atoms with E-state index in [4.69, 9.17) is 4.74 Å². The fourth-order valence-electron chi connectivity index (χ4n) is 3.37. The van der Waals surface area contributed by atoms with E-state index >= 15 is 0 Å². The number of rotatable bonds is 8. The van der Waals surface area contributed by atoms with Gasteiger partial charge in [-0.25, -0.2) is 8.42 Å². The number of nitrogens with zero attached hydrogens (tertiary/aromatic N) is 1. The van der Waals surface area contributed by atoms with Crippen molar-refractivity contribution in [3.05, 3.63) is 90.0 Å². The molecule has 0 spiro atoms. The zero-order chi connectivity index (χ0) is 24.9. The number of carbonyl (C=O) groups is 1. The Labute approximate surface area is 196 Å². The van der Waals surface area contributed by atoms with Crippen LogP contribution in [0.4, 0.5) is 18.9 Å².